The number of ether oxygens (including phenoxy) is 2. The van der Waals surface area contributed by atoms with Crippen molar-refractivity contribution in [2.75, 3.05) is 181 Å². The molecule has 0 bridgehead atoms. The van der Waals surface area contributed by atoms with Gasteiger partial charge in [0.25, 0.3) is 17.7 Å². The number of rotatable bonds is 18. The zero-order valence-corrected chi connectivity index (χ0v) is 68.8. The summed E-state index contributed by atoms with van der Waals surface area (Å²) in [7, 11) is 5.96. The minimum atomic E-state index is -4.77. The normalized spacial score (nSPS) is 19.3. The first-order chi connectivity index (χ1) is 58.7. The number of morpholine rings is 2. The maximum absolute atomic E-state index is 15.8. The van der Waals surface area contributed by atoms with Crippen LogP contribution in [0.4, 0.5) is 92.6 Å². The highest BCUT2D eigenvalue weighted by atomic mass is 19.4. The van der Waals surface area contributed by atoms with Crippen molar-refractivity contribution in [2.24, 2.45) is 0 Å². The van der Waals surface area contributed by atoms with Crippen molar-refractivity contribution in [3.05, 3.63) is 239 Å². The number of dihydropyridines is 3. The van der Waals surface area contributed by atoms with E-state index in [1.807, 2.05) is 84.1 Å². The van der Waals surface area contributed by atoms with Gasteiger partial charge in [0, 0.05) is 182 Å². The van der Waals surface area contributed by atoms with Crippen molar-refractivity contribution in [1.82, 2.24) is 45.9 Å². The van der Waals surface area contributed by atoms with Crippen molar-refractivity contribution in [2.45, 2.75) is 76.3 Å². The lowest BCUT2D eigenvalue weighted by Crippen LogP contribution is -2.50. The summed E-state index contributed by atoms with van der Waals surface area (Å²) in [5.74, 6) is -3.69. The minimum Gasteiger partial charge on any atom is -0.379 e. The molecule has 7 N–H and O–H groups in total. The summed E-state index contributed by atoms with van der Waals surface area (Å²) in [6.45, 7) is 26.2. The van der Waals surface area contributed by atoms with Crippen LogP contribution < -0.4 is 56.8 Å². The molecule has 1 aliphatic carbocycles. The lowest BCUT2D eigenvalue weighted by molar-refractivity contribution is -0.115. The molecule has 8 aliphatic heterocycles. The van der Waals surface area contributed by atoms with Crippen LogP contribution in [-0.2, 0) is 36.9 Å². The molecule has 21 nitrogen and oxygen atoms in total. The number of amides is 3. The summed E-state index contributed by atoms with van der Waals surface area (Å²) in [6.07, 6.45) is -2.59. The molecule has 15 rings (SSSR count). The van der Waals surface area contributed by atoms with Crippen molar-refractivity contribution in [3.63, 3.8) is 0 Å². The van der Waals surface area contributed by atoms with Crippen LogP contribution in [0.5, 0.6) is 0 Å². The van der Waals surface area contributed by atoms with Crippen LogP contribution in [-0.4, -0.2) is 219 Å². The molecule has 1 atom stereocenters. The number of piperazine rings is 3. The van der Waals surface area contributed by atoms with Crippen LogP contribution in [0.25, 0.3) is 33.4 Å². The molecular formula is C90H100F12N16O5. The second-order valence-corrected chi connectivity index (χ2v) is 31.8. The van der Waals surface area contributed by atoms with Crippen molar-refractivity contribution in [1.29, 1.82) is 0 Å². The third-order valence-electron chi connectivity index (χ3n) is 23.0. The standard InChI is InChI=1S/C31H35F4N5O2.C31H35F4N5O.C28H30F4N6O2/c1-20-13-26(31(33,34)35)25(17-36-20)30(41)37-28-15-24(27(32)16-29(28)40-8-7-38(3)21(2)18-40)23-6-4-5-22(14-23)19-39-9-11-42-12-10-39;1-20-14-26(31(33,34)35)25(19-36-20)30(41)38-28-16-24(27(32)17-29(28)40-12-10-39(2)11-13-40)22-7-5-6-21(15-22)18-37-23-8-3-4-9-23;1-18-13-22(28(30,31)32)21(17-34-18)27(39)35-24-15-20(23(29)16-25(24)37-7-5-36(2)6-8-37)19-3-4-33-26(14-19)38-9-11-40-12-10-38/h4-6,13-17,21,36H,1,7-12,18-19H2,2-3H3,(H,37,41);5-7,14-17,19,23,36-37H,1,3-4,8-13,18H2,2H3,(H,38,41);3-4,13-17,34H,1,5-12H2,2H3,(H,35,39). The summed E-state index contributed by atoms with van der Waals surface area (Å²) in [5, 5.41) is 19.3. The Bertz CT molecular complexity index is 5140. The second-order valence-electron chi connectivity index (χ2n) is 31.8. The molecule has 5 aromatic carbocycles. The number of hydrogen-bond acceptors (Lipinski definition) is 18. The Hall–Kier alpha value is -11.2. The molecule has 654 valence electrons. The summed E-state index contributed by atoms with van der Waals surface area (Å²) >= 11 is 0. The second kappa shape index (κ2) is 39.1. The highest BCUT2D eigenvalue weighted by Crippen LogP contribution is 2.44. The molecule has 9 aliphatic rings. The van der Waals surface area contributed by atoms with Crippen LogP contribution in [0.15, 0.2) is 210 Å². The Morgan fingerprint density at radius 2 is 0.862 bits per heavy atom. The molecule has 5 saturated heterocycles. The predicted octanol–water partition coefficient (Wildman–Crippen LogP) is 14.5. The van der Waals surface area contributed by atoms with Gasteiger partial charge in [0.1, 0.15) is 23.3 Å². The van der Waals surface area contributed by atoms with Gasteiger partial charge in [-0.3, -0.25) is 19.3 Å². The third-order valence-corrected chi connectivity index (χ3v) is 23.0. The van der Waals surface area contributed by atoms with E-state index in [4.69, 9.17) is 9.47 Å². The quantitative estimate of drug-likeness (QED) is 0.0402. The molecule has 0 spiro atoms. The van der Waals surface area contributed by atoms with E-state index < -0.39 is 87.1 Å². The SMILES string of the molecule is C=C1C=C(C(F)(F)F)C(C(=O)Nc2cc(-c3cccc(CN4CCOCC4)c3)c(F)cc2N2CCN(C)C(C)C2)=CN1.C=C1C=C(C(F)(F)F)C(C(=O)Nc2cc(-c3cccc(CNC4CCCC4)c3)c(F)cc2N2CCN(C)CC2)=CN1.C=C1C=C(C(F)(F)F)C(C(=O)Nc2cc(-c3ccnc(N4CCOCC4)c3)c(F)cc2N2CCN(C)CC2)=CN1. The van der Waals surface area contributed by atoms with E-state index in [0.29, 0.717) is 157 Å². The molecule has 0 radical (unpaired) electrons. The highest BCUT2D eigenvalue weighted by molar-refractivity contribution is 6.11. The van der Waals surface area contributed by atoms with E-state index in [2.05, 4.69) is 81.5 Å². The summed E-state index contributed by atoms with van der Waals surface area (Å²) in [5.41, 5.74) is 1.42. The number of nitrogens with zero attached hydrogens (tertiary/aromatic N) is 9. The smallest absolute Gasteiger partial charge is 0.379 e. The van der Waals surface area contributed by atoms with Gasteiger partial charge in [-0.25, -0.2) is 18.2 Å². The highest BCUT2D eigenvalue weighted by Gasteiger charge is 2.43. The first kappa shape index (κ1) is 89.6. The lowest BCUT2D eigenvalue weighted by Gasteiger charge is -2.39. The Balaban J connectivity index is 0.000000159. The summed E-state index contributed by atoms with van der Waals surface area (Å²) in [6, 6.07) is 27.7. The summed E-state index contributed by atoms with van der Waals surface area (Å²) < 4.78 is 182. The van der Waals surface area contributed by atoms with Crippen molar-refractivity contribution >= 4 is 57.7 Å². The zero-order valence-electron chi connectivity index (χ0n) is 68.8. The zero-order chi connectivity index (χ0) is 87.6. The number of hydrogen-bond donors (Lipinski definition) is 7. The number of alkyl halides is 9. The molecule has 1 aromatic heterocycles. The number of carbonyl (C=O) groups excluding carboxylic acids is 3. The molecule has 9 heterocycles. The fourth-order valence-electron chi connectivity index (χ4n) is 15.9. The fourth-order valence-corrected chi connectivity index (χ4v) is 15.9. The third kappa shape index (κ3) is 22.6. The monoisotopic (exact) mass is 1710 g/mol. The number of likely N-dealkylation sites (N-methyl/N-ethyl adjacent to an activating group) is 3. The number of carbonyl (C=O) groups is 3. The molecule has 1 unspecified atom stereocenters. The van der Waals surface area contributed by atoms with Crippen LogP contribution in [0.1, 0.15) is 43.7 Å². The number of anilines is 7. The molecule has 123 heavy (non-hydrogen) atoms. The number of nitrogens with one attached hydrogen (secondary N) is 7. The van der Waals surface area contributed by atoms with E-state index in [0.717, 1.165) is 87.0 Å². The molecule has 33 heteroatoms. The average molecular weight is 1710 g/mol. The maximum atomic E-state index is 15.8. The number of halogens is 12. The maximum Gasteiger partial charge on any atom is 0.417 e. The predicted molar refractivity (Wildman–Crippen MR) is 455 cm³/mol. The van der Waals surface area contributed by atoms with E-state index in [1.54, 1.807) is 30.5 Å². The van der Waals surface area contributed by atoms with E-state index >= 15 is 13.2 Å². The van der Waals surface area contributed by atoms with E-state index in [-0.39, 0.29) is 56.9 Å². The number of benzene rings is 5. The van der Waals surface area contributed by atoms with Gasteiger partial charge in [-0.05, 0) is 148 Å². The van der Waals surface area contributed by atoms with Gasteiger partial charge >= 0.3 is 18.5 Å². The largest absolute Gasteiger partial charge is 0.417 e. The first-order valence-corrected chi connectivity index (χ1v) is 40.8. The number of pyridine rings is 1. The minimum absolute atomic E-state index is 0.0137. The van der Waals surface area contributed by atoms with Gasteiger partial charge in [0.2, 0.25) is 0 Å². The van der Waals surface area contributed by atoms with Crippen molar-refractivity contribution in [3.8, 4) is 33.4 Å². The molecular weight excluding hydrogens is 1610 g/mol. The topological polar surface area (TPSA) is 193 Å². The Labute approximate surface area is 706 Å². The average Bonchev–Trinajstić information content (AvgIpc) is 0.897. The van der Waals surface area contributed by atoms with Crippen LogP contribution in [0, 0.1) is 17.5 Å². The summed E-state index contributed by atoms with van der Waals surface area (Å²) in [4.78, 5) is 60.9. The van der Waals surface area contributed by atoms with E-state index in [9.17, 15) is 53.9 Å². The van der Waals surface area contributed by atoms with Crippen LogP contribution in [0.2, 0.25) is 0 Å². The Morgan fingerprint density at radius 3 is 1.28 bits per heavy atom. The van der Waals surface area contributed by atoms with Gasteiger partial charge < -0.3 is 81.0 Å². The molecule has 1 saturated carbocycles. The van der Waals surface area contributed by atoms with Crippen LogP contribution in [0.3, 0.4) is 0 Å². The molecule has 6 fully saturated rings. The van der Waals surface area contributed by atoms with E-state index in [1.165, 1.54) is 49.2 Å². The van der Waals surface area contributed by atoms with Crippen LogP contribution >= 0.6 is 0 Å². The Morgan fingerprint density at radius 1 is 0.472 bits per heavy atom. The van der Waals surface area contributed by atoms with Gasteiger partial charge in [0.05, 0.1) is 94.0 Å². The fraction of sp³-hybridized carbons (Fsp3) is 0.378. The lowest BCUT2D eigenvalue weighted by atomic mass is 9.99. The number of allylic oxidation sites excluding steroid dienone is 3. The molecule has 3 amide bonds. The van der Waals surface area contributed by atoms with Gasteiger partial charge in [-0.1, -0.05) is 69.0 Å². The number of aromatic nitrogens is 1. The van der Waals surface area contributed by atoms with Crippen molar-refractivity contribution < 1.29 is 76.5 Å². The van der Waals surface area contributed by atoms with Gasteiger partial charge in [-0.15, -0.1) is 0 Å². The Kier molecular flexibility index (Phi) is 28.5. The van der Waals surface area contributed by atoms with Gasteiger partial charge in [-0.2, -0.15) is 39.5 Å². The first-order valence-electron chi connectivity index (χ1n) is 40.8. The van der Waals surface area contributed by atoms with Gasteiger partial charge in [0.15, 0.2) is 0 Å². The molecule has 6 aromatic rings.